The molecule has 104 valence electrons. The number of nitrogens with zero attached hydrogens (tertiary/aromatic N) is 2. The Labute approximate surface area is 122 Å². The summed E-state index contributed by atoms with van der Waals surface area (Å²) in [5.41, 5.74) is 2.97. The molecule has 20 heavy (non-hydrogen) atoms. The van der Waals surface area contributed by atoms with Crippen molar-refractivity contribution in [2.75, 3.05) is 28.2 Å². The van der Waals surface area contributed by atoms with E-state index in [2.05, 4.69) is 85.9 Å². The molecule has 0 aromatic heterocycles. The fourth-order valence-corrected chi connectivity index (χ4v) is 8.66. The lowest BCUT2D eigenvalue weighted by Crippen LogP contribution is -2.78. The molecule has 1 aliphatic heterocycles. The van der Waals surface area contributed by atoms with Crippen LogP contribution in [0.15, 0.2) is 48.5 Å². The van der Waals surface area contributed by atoms with Crippen LogP contribution < -0.4 is 10.4 Å². The van der Waals surface area contributed by atoms with Gasteiger partial charge in [0.05, 0.1) is 0 Å². The largest absolute Gasteiger partial charge is 0.310 e. The van der Waals surface area contributed by atoms with Crippen molar-refractivity contribution in [1.82, 2.24) is 9.13 Å². The van der Waals surface area contributed by atoms with Gasteiger partial charge in [0.25, 0.3) is 8.40 Å². The van der Waals surface area contributed by atoms with Crippen LogP contribution in [0.1, 0.15) is 11.1 Å². The second-order valence-electron chi connectivity index (χ2n) is 5.95. The van der Waals surface area contributed by atoms with Crippen molar-refractivity contribution in [3.05, 3.63) is 59.7 Å². The molecule has 2 aromatic carbocycles. The maximum absolute atomic E-state index is 2.46. The predicted octanol–water partition coefficient (Wildman–Crippen LogP) is 1.27. The molecule has 0 fully saturated rings. The van der Waals surface area contributed by atoms with E-state index < -0.39 is 8.40 Å². The molecule has 0 N–H and O–H groups in total. The lowest BCUT2D eigenvalue weighted by atomic mass is 10.0. The first-order valence-electron chi connectivity index (χ1n) is 7.10. The maximum atomic E-state index is 2.46. The Morgan fingerprint density at radius 2 is 1.10 bits per heavy atom. The summed E-state index contributed by atoms with van der Waals surface area (Å²) >= 11 is 0. The van der Waals surface area contributed by atoms with Gasteiger partial charge in [-0.05, 0) is 56.1 Å². The molecular weight excluding hydrogens is 260 g/mol. The maximum Gasteiger partial charge on any atom is 0.272 e. The Morgan fingerprint density at radius 1 is 0.700 bits per heavy atom. The van der Waals surface area contributed by atoms with Gasteiger partial charge in [-0.2, -0.15) is 0 Å². The van der Waals surface area contributed by atoms with Gasteiger partial charge in [-0.25, -0.2) is 0 Å². The first-order chi connectivity index (χ1) is 9.58. The van der Waals surface area contributed by atoms with Crippen molar-refractivity contribution in [2.45, 2.75) is 6.42 Å². The Balaban J connectivity index is 2.37. The fraction of sp³-hybridized carbons (Fsp3) is 0.294. The van der Waals surface area contributed by atoms with Crippen LogP contribution in [0.25, 0.3) is 0 Å². The number of hydrogen-bond acceptors (Lipinski definition) is 2. The summed E-state index contributed by atoms with van der Waals surface area (Å²) in [5, 5.41) is 3.07. The topological polar surface area (TPSA) is 6.48 Å². The van der Waals surface area contributed by atoms with Gasteiger partial charge in [-0.15, -0.1) is 0 Å². The van der Waals surface area contributed by atoms with Gasteiger partial charge in [-0.3, -0.25) is 0 Å². The van der Waals surface area contributed by atoms with E-state index in [4.69, 9.17) is 0 Å². The Bertz CT molecular complexity index is 579. The van der Waals surface area contributed by atoms with E-state index >= 15 is 0 Å². The van der Waals surface area contributed by atoms with E-state index in [1.165, 1.54) is 21.5 Å². The molecule has 0 radical (unpaired) electrons. The normalized spacial score (nSPS) is 16.1. The number of rotatable bonds is 2. The average Bonchev–Trinajstić information content (AvgIpc) is 2.43. The van der Waals surface area contributed by atoms with Crippen LogP contribution in [-0.2, 0) is 6.42 Å². The van der Waals surface area contributed by atoms with E-state index in [-0.39, 0.29) is 0 Å². The minimum Gasteiger partial charge on any atom is -0.310 e. The van der Waals surface area contributed by atoms with E-state index in [1.54, 1.807) is 0 Å². The van der Waals surface area contributed by atoms with E-state index in [1.807, 2.05) is 0 Å². The highest BCUT2D eigenvalue weighted by Gasteiger charge is 2.48. The molecule has 0 saturated heterocycles. The second-order valence-corrected chi connectivity index (χ2v) is 10.2. The standard InChI is InChI=1S/C17H22N2Si/c1-18(2)20(19(3)4)16-11-7-5-9-14(16)13-15-10-6-8-12-17(15)20/h5-12H,13H2,1-4H3. The minimum atomic E-state index is -2.01. The highest BCUT2D eigenvalue weighted by molar-refractivity contribution is 6.98. The molecule has 0 aliphatic carbocycles. The average molecular weight is 282 g/mol. The Hall–Kier alpha value is -1.42. The quantitative estimate of drug-likeness (QED) is 0.766. The summed E-state index contributed by atoms with van der Waals surface area (Å²) in [7, 11) is 6.90. The van der Waals surface area contributed by atoms with Crippen molar-refractivity contribution >= 4 is 18.8 Å². The molecule has 0 spiro atoms. The molecule has 1 heterocycles. The van der Waals surface area contributed by atoms with Gasteiger partial charge in [0.15, 0.2) is 0 Å². The van der Waals surface area contributed by atoms with Crippen LogP contribution >= 0.6 is 0 Å². The molecule has 0 atom stereocenters. The highest BCUT2D eigenvalue weighted by atomic mass is 28.3. The molecule has 2 nitrogen and oxygen atoms in total. The third-order valence-electron chi connectivity index (χ3n) is 4.46. The SMILES string of the molecule is CN(C)[Si]1(N(C)C)c2ccccc2Cc2ccccc21. The van der Waals surface area contributed by atoms with Crippen LogP contribution in [0.2, 0.25) is 0 Å². The molecule has 1 aliphatic rings. The highest BCUT2D eigenvalue weighted by Crippen LogP contribution is 2.22. The number of fused-ring (bicyclic) bond motifs is 2. The van der Waals surface area contributed by atoms with Crippen LogP contribution in [0.5, 0.6) is 0 Å². The van der Waals surface area contributed by atoms with Crippen molar-refractivity contribution in [3.63, 3.8) is 0 Å². The van der Waals surface area contributed by atoms with Crippen molar-refractivity contribution in [3.8, 4) is 0 Å². The summed E-state index contributed by atoms with van der Waals surface area (Å²) in [5.74, 6) is 0. The molecule has 3 heteroatoms. The zero-order valence-corrected chi connectivity index (χ0v) is 13.7. The van der Waals surface area contributed by atoms with E-state index in [0.717, 1.165) is 6.42 Å². The van der Waals surface area contributed by atoms with Crippen molar-refractivity contribution < 1.29 is 0 Å². The Morgan fingerprint density at radius 3 is 1.50 bits per heavy atom. The second kappa shape index (κ2) is 4.84. The Kier molecular flexibility index (Phi) is 3.28. The summed E-state index contributed by atoms with van der Waals surface area (Å²) in [6.45, 7) is 0. The van der Waals surface area contributed by atoms with Gasteiger partial charge in [0.2, 0.25) is 0 Å². The lowest BCUT2D eigenvalue weighted by Gasteiger charge is -2.47. The first kappa shape index (κ1) is 13.6. The minimum absolute atomic E-state index is 1.06. The number of benzene rings is 2. The molecule has 0 amide bonds. The zero-order chi connectivity index (χ0) is 14.3. The number of hydrogen-bond donors (Lipinski definition) is 0. The summed E-state index contributed by atoms with van der Waals surface area (Å²) in [4.78, 5) is 0. The predicted molar refractivity (Wildman–Crippen MR) is 88.1 cm³/mol. The summed E-state index contributed by atoms with van der Waals surface area (Å²) < 4.78 is 4.92. The smallest absolute Gasteiger partial charge is 0.272 e. The summed E-state index contributed by atoms with van der Waals surface area (Å²) in [6.07, 6.45) is 1.06. The lowest BCUT2D eigenvalue weighted by molar-refractivity contribution is 0.509. The van der Waals surface area contributed by atoms with Gasteiger partial charge in [-0.1, -0.05) is 48.5 Å². The molecular formula is C17H22N2Si. The third-order valence-corrected chi connectivity index (χ3v) is 9.53. The van der Waals surface area contributed by atoms with E-state index in [9.17, 15) is 0 Å². The fourth-order valence-electron chi connectivity index (χ4n) is 3.74. The van der Waals surface area contributed by atoms with Gasteiger partial charge >= 0.3 is 0 Å². The molecule has 0 bridgehead atoms. The van der Waals surface area contributed by atoms with Crippen LogP contribution in [-0.4, -0.2) is 45.7 Å². The first-order valence-corrected chi connectivity index (χ1v) is 8.99. The molecule has 2 aromatic rings. The van der Waals surface area contributed by atoms with Gasteiger partial charge in [0, 0.05) is 0 Å². The van der Waals surface area contributed by atoms with Crippen molar-refractivity contribution in [1.29, 1.82) is 0 Å². The molecule has 3 rings (SSSR count). The molecule has 0 unspecified atom stereocenters. The monoisotopic (exact) mass is 282 g/mol. The zero-order valence-electron chi connectivity index (χ0n) is 12.7. The van der Waals surface area contributed by atoms with Crippen LogP contribution in [0, 0.1) is 0 Å². The van der Waals surface area contributed by atoms with Crippen LogP contribution in [0.3, 0.4) is 0 Å². The van der Waals surface area contributed by atoms with Gasteiger partial charge < -0.3 is 9.13 Å². The van der Waals surface area contributed by atoms with Crippen molar-refractivity contribution in [2.24, 2.45) is 0 Å². The van der Waals surface area contributed by atoms with Crippen LogP contribution in [0.4, 0.5) is 0 Å². The summed E-state index contributed by atoms with van der Waals surface area (Å²) in [6, 6.07) is 17.9. The third kappa shape index (κ3) is 1.70. The van der Waals surface area contributed by atoms with Gasteiger partial charge in [0.1, 0.15) is 0 Å². The van der Waals surface area contributed by atoms with E-state index in [0.29, 0.717) is 0 Å². The molecule has 0 saturated carbocycles.